The van der Waals surface area contributed by atoms with E-state index in [-0.39, 0.29) is 0 Å². The maximum atomic E-state index is 5.76. The zero-order valence-corrected chi connectivity index (χ0v) is 14.8. The maximum Gasteiger partial charge on any atom is 0.226 e. The van der Waals surface area contributed by atoms with Crippen molar-refractivity contribution in [1.82, 2.24) is 15.0 Å². The molecule has 0 saturated carbocycles. The van der Waals surface area contributed by atoms with Gasteiger partial charge in [-0.2, -0.15) is 0 Å². The fourth-order valence-corrected chi connectivity index (χ4v) is 3.03. The molecule has 0 spiro atoms. The Morgan fingerprint density at radius 3 is 2.52 bits per heavy atom. The van der Waals surface area contributed by atoms with Gasteiger partial charge in [-0.15, -0.1) is 0 Å². The van der Waals surface area contributed by atoms with Crippen molar-refractivity contribution in [3.63, 3.8) is 0 Å². The number of benzene rings is 2. The molecule has 4 nitrogen and oxygen atoms in total. The second-order valence-corrected chi connectivity index (χ2v) is 6.41. The van der Waals surface area contributed by atoms with Crippen LogP contribution in [0.2, 0.25) is 0 Å². The Bertz CT molecular complexity index is 1020. The van der Waals surface area contributed by atoms with Gasteiger partial charge in [-0.3, -0.25) is 0 Å². The molecule has 4 rings (SSSR count). The van der Waals surface area contributed by atoms with E-state index in [2.05, 4.69) is 52.2 Å². The van der Waals surface area contributed by atoms with Gasteiger partial charge in [0.2, 0.25) is 5.89 Å². The van der Waals surface area contributed by atoms with Gasteiger partial charge < -0.3 is 9.40 Å². The Balaban J connectivity index is 1.74. The van der Waals surface area contributed by atoms with Crippen LogP contribution in [0.25, 0.3) is 33.6 Å². The first-order chi connectivity index (χ1) is 12.1. The molecule has 2 aromatic heterocycles. The third-order valence-electron chi connectivity index (χ3n) is 4.49. The van der Waals surface area contributed by atoms with E-state index in [0.29, 0.717) is 5.89 Å². The molecular weight excluding hydrogens is 310 g/mol. The van der Waals surface area contributed by atoms with Crippen LogP contribution in [0.3, 0.4) is 0 Å². The van der Waals surface area contributed by atoms with Crippen molar-refractivity contribution in [2.24, 2.45) is 0 Å². The molecule has 1 N–H and O–H groups in total. The van der Waals surface area contributed by atoms with Crippen LogP contribution in [0.5, 0.6) is 0 Å². The topological polar surface area (TPSA) is 54.7 Å². The van der Waals surface area contributed by atoms with Gasteiger partial charge in [0.1, 0.15) is 11.6 Å². The predicted octanol–water partition coefficient (Wildman–Crippen LogP) is 5.45. The van der Waals surface area contributed by atoms with Gasteiger partial charge in [0.05, 0.1) is 16.7 Å². The highest BCUT2D eigenvalue weighted by atomic mass is 16.4. The van der Waals surface area contributed by atoms with Crippen molar-refractivity contribution in [1.29, 1.82) is 0 Å². The van der Waals surface area contributed by atoms with E-state index < -0.39 is 0 Å². The molecule has 2 heterocycles. The van der Waals surface area contributed by atoms with Crippen molar-refractivity contribution >= 4 is 11.0 Å². The molecular formula is C21H21N3O. The number of hydrogen-bond acceptors (Lipinski definition) is 3. The molecule has 0 aliphatic carbocycles. The number of aryl methyl sites for hydroxylation is 3. The molecule has 0 amide bonds. The lowest BCUT2D eigenvalue weighted by Crippen LogP contribution is -1.84. The van der Waals surface area contributed by atoms with Crippen LogP contribution in [-0.2, 0) is 6.42 Å². The third kappa shape index (κ3) is 2.95. The molecule has 0 unspecified atom stereocenters. The number of hydrogen-bond donors (Lipinski definition) is 1. The molecule has 0 fully saturated rings. The minimum absolute atomic E-state index is 0.671. The molecule has 2 aromatic carbocycles. The summed E-state index contributed by atoms with van der Waals surface area (Å²) in [6.45, 7) is 6.07. The van der Waals surface area contributed by atoms with Crippen molar-refractivity contribution in [3.8, 4) is 22.6 Å². The number of imidazole rings is 1. The lowest BCUT2D eigenvalue weighted by atomic mass is 10.0. The van der Waals surface area contributed by atoms with Gasteiger partial charge >= 0.3 is 0 Å². The van der Waals surface area contributed by atoms with Gasteiger partial charge in [-0.05, 0) is 55.7 Å². The summed E-state index contributed by atoms with van der Waals surface area (Å²) in [6.07, 6.45) is 2.06. The number of fused-ring (bicyclic) bond motifs is 1. The second kappa shape index (κ2) is 6.20. The first kappa shape index (κ1) is 15.6. The second-order valence-electron chi connectivity index (χ2n) is 6.41. The van der Waals surface area contributed by atoms with Gasteiger partial charge in [0.15, 0.2) is 0 Å². The highest BCUT2D eigenvalue weighted by Crippen LogP contribution is 2.28. The third-order valence-corrected chi connectivity index (χ3v) is 4.49. The fraction of sp³-hybridized carbons (Fsp3) is 0.238. The summed E-state index contributed by atoms with van der Waals surface area (Å²) >= 11 is 0. The Morgan fingerprint density at radius 1 is 0.960 bits per heavy atom. The molecule has 4 aromatic rings. The number of aromatic nitrogens is 3. The molecule has 0 atom stereocenters. The van der Waals surface area contributed by atoms with Crippen molar-refractivity contribution in [2.75, 3.05) is 0 Å². The van der Waals surface area contributed by atoms with Gasteiger partial charge in [0.25, 0.3) is 0 Å². The first-order valence-corrected chi connectivity index (χ1v) is 8.67. The monoisotopic (exact) mass is 331 g/mol. The van der Waals surface area contributed by atoms with E-state index >= 15 is 0 Å². The molecule has 126 valence electrons. The number of nitrogens with zero attached hydrogens (tertiary/aromatic N) is 2. The molecule has 4 heteroatoms. The smallest absolute Gasteiger partial charge is 0.226 e. The summed E-state index contributed by atoms with van der Waals surface area (Å²) in [6, 6.07) is 14.6. The molecule has 0 aliphatic rings. The SMILES string of the molecule is CCCc1nc2ccc(-c3cccc(-c4nc(C)c(C)o4)c3)cc2[nH]1. The standard InChI is InChI=1S/C21H21N3O/c1-4-6-20-23-18-10-9-16(12-19(18)24-20)15-7-5-8-17(11-15)21-22-13(2)14(3)25-21/h5,7-12H,4,6H2,1-3H3,(H,23,24). The summed E-state index contributed by atoms with van der Waals surface area (Å²) < 4.78 is 5.76. The Morgan fingerprint density at radius 2 is 1.76 bits per heavy atom. The highest BCUT2D eigenvalue weighted by Gasteiger charge is 2.10. The lowest BCUT2D eigenvalue weighted by Gasteiger charge is -2.04. The summed E-state index contributed by atoms with van der Waals surface area (Å²) in [5, 5.41) is 0. The normalized spacial score (nSPS) is 11.3. The number of nitrogens with one attached hydrogen (secondary N) is 1. The van der Waals surface area contributed by atoms with E-state index in [9.17, 15) is 0 Å². The van der Waals surface area contributed by atoms with Crippen LogP contribution in [0.4, 0.5) is 0 Å². The van der Waals surface area contributed by atoms with Crippen molar-refractivity contribution in [3.05, 3.63) is 59.7 Å². The minimum Gasteiger partial charge on any atom is -0.441 e. The van der Waals surface area contributed by atoms with E-state index in [1.165, 1.54) is 0 Å². The summed E-state index contributed by atoms with van der Waals surface area (Å²) in [4.78, 5) is 12.6. The van der Waals surface area contributed by atoms with Crippen LogP contribution in [0.1, 0.15) is 30.6 Å². The van der Waals surface area contributed by atoms with Crippen LogP contribution in [0.15, 0.2) is 46.9 Å². The Kier molecular flexibility index (Phi) is 3.88. The summed E-state index contributed by atoms with van der Waals surface area (Å²) in [7, 11) is 0. The summed E-state index contributed by atoms with van der Waals surface area (Å²) in [5.74, 6) is 2.58. The van der Waals surface area contributed by atoms with Crippen LogP contribution >= 0.6 is 0 Å². The number of H-pyrrole nitrogens is 1. The van der Waals surface area contributed by atoms with Crippen LogP contribution < -0.4 is 0 Å². The molecule has 25 heavy (non-hydrogen) atoms. The number of oxazole rings is 1. The van der Waals surface area contributed by atoms with E-state index in [1.54, 1.807) is 0 Å². The Hall–Kier alpha value is -2.88. The zero-order valence-electron chi connectivity index (χ0n) is 14.8. The van der Waals surface area contributed by atoms with Gasteiger partial charge in [0, 0.05) is 12.0 Å². The predicted molar refractivity (Wildman–Crippen MR) is 100 cm³/mol. The molecule has 0 aliphatic heterocycles. The molecule has 0 bridgehead atoms. The summed E-state index contributed by atoms with van der Waals surface area (Å²) in [5.41, 5.74) is 6.31. The fourth-order valence-electron chi connectivity index (χ4n) is 3.03. The average Bonchev–Trinajstić information content (AvgIpc) is 3.17. The van der Waals surface area contributed by atoms with E-state index in [0.717, 1.165) is 57.8 Å². The first-order valence-electron chi connectivity index (χ1n) is 8.67. The number of aromatic amines is 1. The maximum absolute atomic E-state index is 5.76. The van der Waals surface area contributed by atoms with Crippen LogP contribution in [0, 0.1) is 13.8 Å². The van der Waals surface area contributed by atoms with Crippen LogP contribution in [-0.4, -0.2) is 15.0 Å². The Labute approximate surface area is 146 Å². The largest absolute Gasteiger partial charge is 0.441 e. The number of rotatable bonds is 4. The highest BCUT2D eigenvalue weighted by molar-refractivity contribution is 5.82. The quantitative estimate of drug-likeness (QED) is 0.540. The van der Waals surface area contributed by atoms with E-state index in [4.69, 9.17) is 4.42 Å². The van der Waals surface area contributed by atoms with Crippen molar-refractivity contribution < 1.29 is 4.42 Å². The minimum atomic E-state index is 0.671. The molecule has 0 saturated heterocycles. The molecule has 0 radical (unpaired) electrons. The zero-order chi connectivity index (χ0) is 17.4. The average molecular weight is 331 g/mol. The van der Waals surface area contributed by atoms with Crippen molar-refractivity contribution in [2.45, 2.75) is 33.6 Å². The van der Waals surface area contributed by atoms with Gasteiger partial charge in [-0.25, -0.2) is 9.97 Å². The van der Waals surface area contributed by atoms with E-state index in [1.807, 2.05) is 26.0 Å². The van der Waals surface area contributed by atoms with Gasteiger partial charge in [-0.1, -0.05) is 25.1 Å². The lowest BCUT2D eigenvalue weighted by molar-refractivity contribution is 0.541.